The molecule has 0 fully saturated rings. The Kier molecular flexibility index (Phi) is 4.38. The van der Waals surface area contributed by atoms with E-state index in [0.717, 1.165) is 0 Å². The first-order valence-corrected chi connectivity index (χ1v) is 4.74. The molecule has 0 amide bonds. The molecule has 1 aromatic heterocycles. The predicted octanol–water partition coefficient (Wildman–Crippen LogP) is 2.89. The van der Waals surface area contributed by atoms with Crippen molar-refractivity contribution in [3.05, 3.63) is 27.6 Å². The second kappa shape index (κ2) is 5.64. The van der Waals surface area contributed by atoms with Gasteiger partial charge in [-0.2, -0.15) is 5.26 Å². The molecule has 6 nitrogen and oxygen atoms in total. The summed E-state index contributed by atoms with van der Waals surface area (Å²) in [6.45, 7) is 0. The number of nitro groups is 1. The van der Waals surface area contributed by atoms with Crippen molar-refractivity contribution < 1.29 is 31.6 Å². The molecule has 0 aromatic carbocycles. The van der Waals surface area contributed by atoms with E-state index in [-0.39, 0.29) is 0 Å². The average molecular weight is 297 g/mol. The SMILES string of the molecule is N#CCc1ncc(C(F)F)c(OC(F)(F)F)c1[N+](=O)[O-]. The largest absolute Gasteiger partial charge is 0.573 e. The van der Waals surface area contributed by atoms with E-state index in [4.69, 9.17) is 5.26 Å². The Balaban J connectivity index is 3.57. The van der Waals surface area contributed by atoms with E-state index in [0.29, 0.717) is 6.20 Å². The van der Waals surface area contributed by atoms with Gasteiger partial charge < -0.3 is 4.74 Å². The molecule has 1 aromatic rings. The molecule has 20 heavy (non-hydrogen) atoms. The lowest BCUT2D eigenvalue weighted by Gasteiger charge is -2.13. The van der Waals surface area contributed by atoms with Gasteiger partial charge in [0.05, 0.1) is 23.0 Å². The van der Waals surface area contributed by atoms with Gasteiger partial charge in [0.1, 0.15) is 5.69 Å². The summed E-state index contributed by atoms with van der Waals surface area (Å²) in [5.41, 5.74) is -3.47. The highest BCUT2D eigenvalue weighted by atomic mass is 19.4. The number of ether oxygens (including phenoxy) is 1. The molecular weight excluding hydrogens is 293 g/mol. The van der Waals surface area contributed by atoms with Crippen molar-refractivity contribution in [3.8, 4) is 11.8 Å². The predicted molar refractivity (Wildman–Crippen MR) is 51.8 cm³/mol. The highest BCUT2D eigenvalue weighted by molar-refractivity contribution is 5.55. The van der Waals surface area contributed by atoms with Crippen LogP contribution in [0.5, 0.6) is 5.75 Å². The van der Waals surface area contributed by atoms with E-state index in [2.05, 4.69) is 9.72 Å². The lowest BCUT2D eigenvalue weighted by molar-refractivity contribution is -0.389. The Morgan fingerprint density at radius 1 is 1.50 bits per heavy atom. The van der Waals surface area contributed by atoms with Crippen LogP contribution in [-0.4, -0.2) is 16.3 Å². The van der Waals surface area contributed by atoms with Crippen molar-refractivity contribution in [2.45, 2.75) is 19.2 Å². The Morgan fingerprint density at radius 2 is 2.10 bits per heavy atom. The van der Waals surface area contributed by atoms with Gasteiger partial charge in [0.2, 0.25) is 5.75 Å². The van der Waals surface area contributed by atoms with Crippen molar-refractivity contribution in [2.24, 2.45) is 0 Å². The third-order valence-corrected chi connectivity index (χ3v) is 1.99. The monoisotopic (exact) mass is 297 g/mol. The summed E-state index contributed by atoms with van der Waals surface area (Å²) in [5.74, 6) is -1.65. The van der Waals surface area contributed by atoms with Gasteiger partial charge in [0, 0.05) is 6.20 Å². The molecule has 11 heteroatoms. The molecule has 1 rings (SSSR count). The Morgan fingerprint density at radius 3 is 2.50 bits per heavy atom. The fourth-order valence-corrected chi connectivity index (χ4v) is 1.31. The molecule has 0 atom stereocenters. The Labute approximate surface area is 107 Å². The number of hydrogen-bond donors (Lipinski definition) is 0. The van der Waals surface area contributed by atoms with Crippen LogP contribution in [-0.2, 0) is 6.42 Å². The van der Waals surface area contributed by atoms with Gasteiger partial charge in [-0.15, -0.1) is 13.2 Å². The summed E-state index contributed by atoms with van der Waals surface area (Å²) in [6, 6.07) is 1.43. The van der Waals surface area contributed by atoms with Gasteiger partial charge in [-0.25, -0.2) is 8.78 Å². The fraction of sp³-hybridized carbons (Fsp3) is 0.333. The average Bonchev–Trinajstić information content (AvgIpc) is 2.26. The molecule has 0 N–H and O–H groups in total. The second-order valence-corrected chi connectivity index (χ2v) is 3.28. The van der Waals surface area contributed by atoms with Crippen LogP contribution in [0.4, 0.5) is 27.6 Å². The minimum Gasteiger partial charge on any atom is -0.398 e. The zero-order chi connectivity index (χ0) is 15.5. The number of halogens is 5. The Bertz CT molecular complexity index is 567. The lowest BCUT2D eigenvalue weighted by atomic mass is 10.1. The maximum atomic E-state index is 12.6. The molecule has 0 radical (unpaired) electrons. The molecule has 0 aliphatic heterocycles. The van der Waals surface area contributed by atoms with Crippen molar-refractivity contribution in [2.75, 3.05) is 0 Å². The smallest absolute Gasteiger partial charge is 0.398 e. The highest BCUT2D eigenvalue weighted by Gasteiger charge is 2.39. The number of nitriles is 1. The number of hydrogen-bond acceptors (Lipinski definition) is 5. The molecule has 0 unspecified atom stereocenters. The fourth-order valence-electron chi connectivity index (χ4n) is 1.31. The van der Waals surface area contributed by atoms with Gasteiger partial charge in [-0.3, -0.25) is 15.1 Å². The van der Waals surface area contributed by atoms with Crippen LogP contribution in [0.25, 0.3) is 0 Å². The summed E-state index contributed by atoms with van der Waals surface area (Å²) in [6.07, 6.45) is -9.28. The number of alkyl halides is 5. The molecule has 108 valence electrons. The van der Waals surface area contributed by atoms with Gasteiger partial charge in [0.15, 0.2) is 0 Å². The maximum Gasteiger partial charge on any atom is 0.573 e. The Hall–Kier alpha value is -2.51. The molecule has 0 bridgehead atoms. The third-order valence-electron chi connectivity index (χ3n) is 1.99. The highest BCUT2D eigenvalue weighted by Crippen LogP contribution is 2.41. The summed E-state index contributed by atoms with van der Waals surface area (Å²) in [7, 11) is 0. The van der Waals surface area contributed by atoms with E-state index < -0.39 is 46.8 Å². The van der Waals surface area contributed by atoms with Crippen LogP contribution in [0.1, 0.15) is 17.7 Å². The molecule has 0 aliphatic rings. The first-order chi connectivity index (χ1) is 9.17. The van der Waals surface area contributed by atoms with Crippen LogP contribution >= 0.6 is 0 Å². The summed E-state index contributed by atoms with van der Waals surface area (Å²) >= 11 is 0. The maximum absolute atomic E-state index is 12.6. The van der Waals surface area contributed by atoms with Gasteiger partial charge in [-0.05, 0) is 0 Å². The van der Waals surface area contributed by atoms with E-state index >= 15 is 0 Å². The van der Waals surface area contributed by atoms with Crippen LogP contribution in [0.2, 0.25) is 0 Å². The number of aromatic nitrogens is 1. The van der Waals surface area contributed by atoms with Crippen molar-refractivity contribution in [1.82, 2.24) is 4.98 Å². The van der Waals surface area contributed by atoms with Crippen LogP contribution in [0.15, 0.2) is 6.20 Å². The standard InChI is InChI=1S/C9H4F5N3O3/c10-8(11)4-3-16-5(1-2-15)6(17(18)19)7(4)20-9(12,13)14/h3,8H,1H2. The van der Waals surface area contributed by atoms with E-state index in [1.807, 2.05) is 0 Å². The van der Waals surface area contributed by atoms with E-state index in [1.54, 1.807) is 0 Å². The van der Waals surface area contributed by atoms with Crippen LogP contribution in [0, 0.1) is 21.4 Å². The topological polar surface area (TPSA) is 89.0 Å². The minimum atomic E-state index is -5.40. The lowest BCUT2D eigenvalue weighted by Crippen LogP contribution is -2.20. The first-order valence-electron chi connectivity index (χ1n) is 4.74. The molecule has 0 saturated carbocycles. The quantitative estimate of drug-likeness (QED) is 0.484. The van der Waals surface area contributed by atoms with Crippen LogP contribution in [0.3, 0.4) is 0 Å². The minimum absolute atomic E-state index is 0.311. The molecule has 0 saturated heterocycles. The molecule has 0 aliphatic carbocycles. The van der Waals surface area contributed by atoms with Crippen molar-refractivity contribution >= 4 is 5.69 Å². The van der Waals surface area contributed by atoms with Crippen LogP contribution < -0.4 is 4.74 Å². The summed E-state index contributed by atoms with van der Waals surface area (Å²) in [4.78, 5) is 12.6. The van der Waals surface area contributed by atoms with E-state index in [9.17, 15) is 32.1 Å². The number of rotatable bonds is 4. The molecule has 1 heterocycles. The summed E-state index contributed by atoms with van der Waals surface area (Å²) < 4.78 is 65.0. The van der Waals surface area contributed by atoms with Gasteiger partial charge in [0.25, 0.3) is 6.43 Å². The van der Waals surface area contributed by atoms with Crippen molar-refractivity contribution in [1.29, 1.82) is 5.26 Å². The zero-order valence-electron chi connectivity index (χ0n) is 9.32. The number of pyridine rings is 1. The second-order valence-electron chi connectivity index (χ2n) is 3.28. The third kappa shape index (κ3) is 3.50. The summed E-state index contributed by atoms with van der Waals surface area (Å²) in [5, 5.41) is 19.1. The number of nitrogens with zero attached hydrogens (tertiary/aromatic N) is 3. The van der Waals surface area contributed by atoms with Gasteiger partial charge >= 0.3 is 12.0 Å². The van der Waals surface area contributed by atoms with Crippen molar-refractivity contribution in [3.63, 3.8) is 0 Å². The molecular formula is C9H4F5N3O3. The first kappa shape index (κ1) is 15.5. The normalized spacial score (nSPS) is 11.2. The molecule has 0 spiro atoms. The van der Waals surface area contributed by atoms with Gasteiger partial charge in [-0.1, -0.05) is 0 Å². The zero-order valence-corrected chi connectivity index (χ0v) is 9.32. The van der Waals surface area contributed by atoms with E-state index in [1.165, 1.54) is 6.07 Å².